The zero-order valence-corrected chi connectivity index (χ0v) is 14.6. The normalized spacial score (nSPS) is 16.3. The van der Waals surface area contributed by atoms with Crippen molar-refractivity contribution in [2.75, 3.05) is 6.54 Å². The molecule has 0 saturated heterocycles. The number of pyridine rings is 1. The molecule has 3 heterocycles. The van der Waals surface area contributed by atoms with Crippen LogP contribution in [-0.2, 0) is 13.0 Å². The van der Waals surface area contributed by atoms with E-state index in [4.69, 9.17) is 0 Å². The smallest absolute Gasteiger partial charge is 0.318 e. The molecule has 5 heteroatoms. The van der Waals surface area contributed by atoms with E-state index in [-0.39, 0.29) is 12.1 Å². The van der Waals surface area contributed by atoms with Gasteiger partial charge >= 0.3 is 6.03 Å². The van der Waals surface area contributed by atoms with Crippen molar-refractivity contribution in [2.45, 2.75) is 19.0 Å². The molecule has 1 unspecified atom stereocenters. The summed E-state index contributed by atoms with van der Waals surface area (Å²) < 4.78 is 0. The van der Waals surface area contributed by atoms with E-state index in [9.17, 15) is 4.79 Å². The fraction of sp³-hybridized carbons (Fsp3) is 0.200. The standard InChI is InChI=1S/C20H19N3OS/c24-20(22-14-15-5-4-10-21-13-15)23-11-8-18-17(9-12-25-18)19(23)16-6-2-1-3-7-16/h1-7,9-10,12-13,19H,8,11,14H2,(H,22,24). The van der Waals surface area contributed by atoms with Crippen LogP contribution in [0.3, 0.4) is 0 Å². The first-order valence-corrected chi connectivity index (χ1v) is 9.25. The van der Waals surface area contributed by atoms with Crippen LogP contribution in [0.2, 0.25) is 0 Å². The fourth-order valence-electron chi connectivity index (χ4n) is 3.31. The molecule has 126 valence electrons. The van der Waals surface area contributed by atoms with Gasteiger partial charge in [0.15, 0.2) is 0 Å². The third kappa shape index (κ3) is 3.28. The minimum Gasteiger partial charge on any atom is -0.334 e. The molecule has 3 aromatic rings. The predicted molar refractivity (Wildman–Crippen MR) is 99.5 cm³/mol. The lowest BCUT2D eigenvalue weighted by Gasteiger charge is -2.36. The van der Waals surface area contributed by atoms with Crippen molar-refractivity contribution >= 4 is 17.4 Å². The van der Waals surface area contributed by atoms with Crippen molar-refractivity contribution in [3.8, 4) is 0 Å². The van der Waals surface area contributed by atoms with E-state index < -0.39 is 0 Å². The second-order valence-corrected chi connectivity index (χ2v) is 7.08. The second-order valence-electron chi connectivity index (χ2n) is 6.08. The highest BCUT2D eigenvalue weighted by Crippen LogP contribution is 2.37. The van der Waals surface area contributed by atoms with Crippen molar-refractivity contribution in [2.24, 2.45) is 0 Å². The van der Waals surface area contributed by atoms with E-state index in [2.05, 4.69) is 33.9 Å². The maximum atomic E-state index is 12.9. The lowest BCUT2D eigenvalue weighted by Crippen LogP contribution is -2.45. The summed E-state index contributed by atoms with van der Waals surface area (Å²) in [7, 11) is 0. The minimum absolute atomic E-state index is 0.0231. The molecule has 1 aliphatic rings. The third-order valence-corrected chi connectivity index (χ3v) is 5.51. The number of amides is 2. The molecule has 25 heavy (non-hydrogen) atoms. The Kier molecular flexibility index (Phi) is 4.48. The molecular formula is C20H19N3OS. The lowest BCUT2D eigenvalue weighted by molar-refractivity contribution is 0.180. The van der Waals surface area contributed by atoms with Gasteiger partial charge in [-0.25, -0.2) is 4.79 Å². The highest BCUT2D eigenvalue weighted by Gasteiger charge is 2.32. The van der Waals surface area contributed by atoms with Crippen LogP contribution in [0.15, 0.2) is 66.3 Å². The van der Waals surface area contributed by atoms with Crippen LogP contribution in [0.1, 0.15) is 27.6 Å². The van der Waals surface area contributed by atoms with Crippen molar-refractivity contribution in [1.82, 2.24) is 15.2 Å². The van der Waals surface area contributed by atoms with Crippen molar-refractivity contribution < 1.29 is 4.79 Å². The van der Waals surface area contributed by atoms with E-state index in [0.29, 0.717) is 6.54 Å². The van der Waals surface area contributed by atoms with Crippen LogP contribution >= 0.6 is 11.3 Å². The number of carbonyl (C=O) groups is 1. The highest BCUT2D eigenvalue weighted by atomic mass is 32.1. The minimum atomic E-state index is -0.0328. The van der Waals surface area contributed by atoms with Gasteiger partial charge in [-0.3, -0.25) is 4.98 Å². The Morgan fingerprint density at radius 1 is 1.20 bits per heavy atom. The van der Waals surface area contributed by atoms with Gasteiger partial charge in [0.2, 0.25) is 0 Å². The highest BCUT2D eigenvalue weighted by molar-refractivity contribution is 7.10. The van der Waals surface area contributed by atoms with Crippen LogP contribution in [0.5, 0.6) is 0 Å². The first-order chi connectivity index (χ1) is 12.3. The number of hydrogen-bond acceptors (Lipinski definition) is 3. The van der Waals surface area contributed by atoms with E-state index >= 15 is 0 Å². The van der Waals surface area contributed by atoms with Gasteiger partial charge < -0.3 is 10.2 Å². The van der Waals surface area contributed by atoms with Gasteiger partial charge in [-0.2, -0.15) is 0 Å². The van der Waals surface area contributed by atoms with Crippen LogP contribution in [0, 0.1) is 0 Å². The SMILES string of the molecule is O=C(NCc1cccnc1)N1CCc2sccc2C1c1ccccc1. The first-order valence-electron chi connectivity index (χ1n) is 8.37. The Morgan fingerprint density at radius 2 is 2.08 bits per heavy atom. The zero-order chi connectivity index (χ0) is 17.1. The Bertz CT molecular complexity index is 848. The molecule has 0 aliphatic carbocycles. The van der Waals surface area contributed by atoms with Gasteiger partial charge in [0.1, 0.15) is 0 Å². The molecule has 4 rings (SSSR count). The maximum absolute atomic E-state index is 12.9. The number of thiophene rings is 1. The van der Waals surface area contributed by atoms with Crippen molar-refractivity contribution in [3.05, 3.63) is 87.9 Å². The predicted octanol–water partition coefficient (Wildman–Crippen LogP) is 4.00. The molecule has 0 radical (unpaired) electrons. The monoisotopic (exact) mass is 349 g/mol. The summed E-state index contributed by atoms with van der Waals surface area (Å²) in [5.41, 5.74) is 3.40. The largest absolute Gasteiger partial charge is 0.334 e. The first kappa shape index (κ1) is 15.8. The van der Waals surface area contributed by atoms with Gasteiger partial charge in [-0.1, -0.05) is 36.4 Å². The molecule has 0 fully saturated rings. The van der Waals surface area contributed by atoms with E-state index in [1.807, 2.05) is 35.2 Å². The topological polar surface area (TPSA) is 45.2 Å². The summed E-state index contributed by atoms with van der Waals surface area (Å²) in [5.74, 6) is 0. The number of rotatable bonds is 3. The molecule has 1 aliphatic heterocycles. The van der Waals surface area contributed by atoms with Gasteiger partial charge in [0.05, 0.1) is 6.04 Å². The Labute approximate surface area is 151 Å². The summed E-state index contributed by atoms with van der Waals surface area (Å²) in [6, 6.07) is 16.2. The number of benzene rings is 1. The summed E-state index contributed by atoms with van der Waals surface area (Å²) >= 11 is 1.78. The summed E-state index contributed by atoms with van der Waals surface area (Å²) in [4.78, 5) is 20.3. The summed E-state index contributed by atoms with van der Waals surface area (Å²) in [6.07, 6.45) is 4.43. The maximum Gasteiger partial charge on any atom is 0.318 e. The lowest BCUT2D eigenvalue weighted by atomic mass is 9.93. The van der Waals surface area contributed by atoms with E-state index in [1.54, 1.807) is 23.7 Å². The number of fused-ring (bicyclic) bond motifs is 1. The third-order valence-electron chi connectivity index (χ3n) is 4.51. The molecule has 1 atom stereocenters. The second kappa shape index (κ2) is 7.07. The number of nitrogens with one attached hydrogen (secondary N) is 1. The number of urea groups is 1. The Morgan fingerprint density at radius 3 is 2.88 bits per heavy atom. The van der Waals surface area contributed by atoms with Gasteiger partial charge in [0, 0.05) is 30.4 Å². The average Bonchev–Trinajstić information content (AvgIpc) is 3.15. The molecule has 4 nitrogen and oxygen atoms in total. The molecule has 2 aromatic heterocycles. The molecule has 0 spiro atoms. The molecule has 0 saturated carbocycles. The Hall–Kier alpha value is -2.66. The van der Waals surface area contributed by atoms with Gasteiger partial charge in [-0.15, -0.1) is 11.3 Å². The van der Waals surface area contributed by atoms with Crippen LogP contribution in [0.25, 0.3) is 0 Å². The number of nitrogens with zero attached hydrogens (tertiary/aromatic N) is 2. The zero-order valence-electron chi connectivity index (χ0n) is 13.8. The summed E-state index contributed by atoms with van der Waals surface area (Å²) in [6.45, 7) is 1.22. The van der Waals surface area contributed by atoms with E-state index in [0.717, 1.165) is 24.1 Å². The van der Waals surface area contributed by atoms with Crippen molar-refractivity contribution in [1.29, 1.82) is 0 Å². The van der Waals surface area contributed by atoms with Crippen LogP contribution < -0.4 is 5.32 Å². The fourth-order valence-corrected chi connectivity index (χ4v) is 4.22. The van der Waals surface area contributed by atoms with Crippen molar-refractivity contribution in [3.63, 3.8) is 0 Å². The van der Waals surface area contributed by atoms with Crippen LogP contribution in [0.4, 0.5) is 4.79 Å². The molecule has 1 N–H and O–H groups in total. The van der Waals surface area contributed by atoms with Crippen LogP contribution in [-0.4, -0.2) is 22.5 Å². The molecular weight excluding hydrogens is 330 g/mol. The quantitative estimate of drug-likeness (QED) is 0.777. The number of carbonyl (C=O) groups excluding carboxylic acids is 1. The number of hydrogen-bond donors (Lipinski definition) is 1. The van der Waals surface area contributed by atoms with Gasteiger partial charge in [-0.05, 0) is 40.6 Å². The molecule has 1 aromatic carbocycles. The number of aromatic nitrogens is 1. The molecule has 2 amide bonds. The van der Waals surface area contributed by atoms with E-state index in [1.165, 1.54) is 10.4 Å². The Balaban J connectivity index is 1.58. The average molecular weight is 349 g/mol. The molecule has 0 bridgehead atoms. The van der Waals surface area contributed by atoms with Gasteiger partial charge in [0.25, 0.3) is 0 Å². The summed E-state index contributed by atoms with van der Waals surface area (Å²) in [5, 5.41) is 5.16.